The van der Waals surface area contributed by atoms with Gasteiger partial charge in [-0.15, -0.1) is 0 Å². The maximum atomic E-state index is 15.0. The predicted octanol–water partition coefficient (Wildman–Crippen LogP) is 3.28. The van der Waals surface area contributed by atoms with Gasteiger partial charge in [-0.05, 0) is 76.4 Å². The first-order valence-electron chi connectivity index (χ1n) is 13.5. The molecule has 0 aliphatic carbocycles. The van der Waals surface area contributed by atoms with Crippen LogP contribution in [0.5, 0.6) is 5.88 Å². The number of carbonyl (C=O) groups excluding carboxylic acids is 2. The molecule has 8 nitrogen and oxygen atoms in total. The van der Waals surface area contributed by atoms with Crippen LogP contribution in [0.25, 0.3) is 11.1 Å². The molecule has 2 aliphatic rings. The average Bonchev–Trinajstić information content (AvgIpc) is 3.22. The maximum absolute atomic E-state index is 15.0. The Balaban J connectivity index is 1.32. The molecule has 2 aliphatic heterocycles. The highest BCUT2D eigenvalue weighted by atomic mass is 19.4. The topological polar surface area (TPSA) is 106 Å². The van der Waals surface area contributed by atoms with Crippen molar-refractivity contribution in [3.63, 3.8) is 0 Å². The lowest BCUT2D eigenvalue weighted by atomic mass is 9.89. The van der Waals surface area contributed by atoms with Crippen molar-refractivity contribution < 1.29 is 42.1 Å². The largest absolute Gasteiger partial charge is 0.548 e. The lowest BCUT2D eigenvalue weighted by Crippen LogP contribution is -2.56. The molecule has 224 valence electrons. The molecule has 1 amide bonds. The van der Waals surface area contributed by atoms with Gasteiger partial charge in [-0.2, -0.15) is 13.2 Å². The Morgan fingerprint density at radius 1 is 1.15 bits per heavy atom. The van der Waals surface area contributed by atoms with E-state index in [0.29, 0.717) is 36.7 Å². The summed E-state index contributed by atoms with van der Waals surface area (Å²) in [5.41, 5.74) is -2.83. The van der Waals surface area contributed by atoms with Gasteiger partial charge in [0.2, 0.25) is 5.88 Å². The van der Waals surface area contributed by atoms with Crippen LogP contribution in [0.3, 0.4) is 0 Å². The van der Waals surface area contributed by atoms with Crippen molar-refractivity contribution in [1.29, 1.82) is 0 Å². The molecule has 0 saturated carbocycles. The van der Waals surface area contributed by atoms with Gasteiger partial charge in [0, 0.05) is 37.3 Å². The molecule has 0 radical (unpaired) electrons. The third-order valence-corrected chi connectivity index (χ3v) is 8.14. The van der Waals surface area contributed by atoms with Gasteiger partial charge in [0.05, 0.1) is 35.2 Å². The number of pyridine rings is 1. The molecule has 2 atom stereocenters. The van der Waals surface area contributed by atoms with E-state index in [4.69, 9.17) is 4.74 Å². The number of aliphatic hydroxyl groups excluding tert-OH is 1. The fraction of sp³-hybridized carbons (Fsp3) is 0.552. The van der Waals surface area contributed by atoms with Crippen molar-refractivity contribution in [2.45, 2.75) is 57.9 Å². The molecule has 1 aromatic heterocycles. The zero-order valence-electron chi connectivity index (χ0n) is 23.2. The number of benzene rings is 1. The number of β-amino-alcohol motifs (C(OH)–C–C–N with tert-alkyl or cyclic N) is 1. The Hall–Kier alpha value is -3.25. The van der Waals surface area contributed by atoms with Gasteiger partial charge in [-0.1, -0.05) is 6.07 Å². The van der Waals surface area contributed by atoms with Crippen molar-refractivity contribution in [3.05, 3.63) is 47.9 Å². The number of ether oxygens (including phenoxy) is 1. The molecule has 3 heterocycles. The number of alkyl halides is 3. The summed E-state index contributed by atoms with van der Waals surface area (Å²) in [5.74, 6) is -2.68. The van der Waals surface area contributed by atoms with Crippen LogP contribution in [0, 0.1) is 17.2 Å². The van der Waals surface area contributed by atoms with Crippen molar-refractivity contribution in [3.8, 4) is 17.0 Å². The summed E-state index contributed by atoms with van der Waals surface area (Å²) >= 11 is 0. The lowest BCUT2D eigenvalue weighted by Gasteiger charge is -2.38. The second kappa shape index (κ2) is 11.6. The zero-order chi connectivity index (χ0) is 30.2. The van der Waals surface area contributed by atoms with Crippen molar-refractivity contribution in [2.24, 2.45) is 11.3 Å². The van der Waals surface area contributed by atoms with E-state index >= 15 is 0 Å². The molecule has 4 rings (SSSR count). The Kier molecular flexibility index (Phi) is 8.65. The number of carbonyl (C=O) groups is 2. The molecular formula is C29H34F4N3O5-. The number of aromatic nitrogens is 1. The Bertz CT molecular complexity index is 1260. The molecule has 1 aromatic carbocycles. The lowest BCUT2D eigenvalue weighted by molar-refractivity contribution is -0.316. The number of carboxylic acid groups (broad SMARTS) is 1. The molecule has 2 aromatic rings. The van der Waals surface area contributed by atoms with Crippen molar-refractivity contribution in [2.75, 3.05) is 32.8 Å². The predicted molar refractivity (Wildman–Crippen MR) is 139 cm³/mol. The highest BCUT2D eigenvalue weighted by Gasteiger charge is 2.48. The van der Waals surface area contributed by atoms with E-state index in [2.05, 4.69) is 4.98 Å². The highest BCUT2D eigenvalue weighted by molar-refractivity contribution is 5.98. The minimum absolute atomic E-state index is 0.0383. The number of piperidine rings is 1. The number of hydrogen-bond acceptors (Lipinski definition) is 7. The van der Waals surface area contributed by atoms with Gasteiger partial charge < -0.3 is 29.5 Å². The number of halogens is 4. The third-order valence-electron chi connectivity index (χ3n) is 8.14. The number of amides is 1. The smallest absolute Gasteiger partial charge is 0.395 e. The van der Waals surface area contributed by atoms with E-state index in [0.717, 1.165) is 23.8 Å². The van der Waals surface area contributed by atoms with E-state index in [9.17, 15) is 37.4 Å². The molecule has 2 unspecified atom stereocenters. The van der Waals surface area contributed by atoms with Gasteiger partial charge in [-0.25, -0.2) is 9.37 Å². The summed E-state index contributed by atoms with van der Waals surface area (Å²) in [5, 5.41) is 21.5. The minimum Gasteiger partial charge on any atom is -0.548 e. The summed E-state index contributed by atoms with van der Waals surface area (Å²) < 4.78 is 60.3. The van der Waals surface area contributed by atoms with Crippen LogP contribution in [-0.4, -0.2) is 82.4 Å². The fourth-order valence-electron chi connectivity index (χ4n) is 5.36. The number of aliphatic hydroxyl groups is 1. The molecule has 12 heteroatoms. The highest BCUT2D eigenvalue weighted by Crippen LogP contribution is 2.39. The number of hydrogen-bond donors (Lipinski definition) is 1. The zero-order valence-corrected chi connectivity index (χ0v) is 23.2. The minimum atomic E-state index is -4.25. The first-order chi connectivity index (χ1) is 19.1. The monoisotopic (exact) mass is 580 g/mol. The summed E-state index contributed by atoms with van der Waals surface area (Å²) in [4.78, 5) is 31.6. The maximum Gasteiger partial charge on any atom is 0.395 e. The number of rotatable bonds is 8. The number of likely N-dealkylation sites (tertiary alicyclic amines) is 2. The van der Waals surface area contributed by atoms with Crippen molar-refractivity contribution in [1.82, 2.24) is 14.8 Å². The van der Waals surface area contributed by atoms with Crippen LogP contribution in [-0.2, 0) is 4.79 Å². The van der Waals surface area contributed by atoms with E-state index in [1.807, 2.05) is 4.90 Å². The standard InChI is InChI=1S/C29H35F4N3O5/c1-27(2,29(31,32)33)17-35-10-8-18(9-11-35)16-41-24-7-5-20(14-34-24)19-4-6-22(23(30)12-19)25(38)36-15-21(37)13-28(36,3)26(39)40/h4-7,12,14,18,21,37H,8-11,13,15-17H2,1-3H3,(H,39,40)/p-1. The molecule has 2 saturated heterocycles. The Morgan fingerprint density at radius 2 is 1.80 bits per heavy atom. The van der Waals surface area contributed by atoms with Gasteiger partial charge in [0.15, 0.2) is 0 Å². The summed E-state index contributed by atoms with van der Waals surface area (Å²) in [6, 6.07) is 7.25. The SMILES string of the molecule is CC1(C(=O)[O-])CC(O)CN1C(=O)c1ccc(-c2ccc(OCC3CCN(CC(C)(C)C(F)(F)F)CC3)nc2)cc1F. The normalized spacial score (nSPS) is 22.6. The van der Waals surface area contributed by atoms with Gasteiger partial charge in [0.1, 0.15) is 5.82 Å². The molecular weight excluding hydrogens is 546 g/mol. The molecule has 41 heavy (non-hydrogen) atoms. The molecule has 0 bridgehead atoms. The van der Waals surface area contributed by atoms with E-state index in [1.54, 1.807) is 12.1 Å². The summed E-state index contributed by atoms with van der Waals surface area (Å²) in [7, 11) is 0. The molecule has 2 fully saturated rings. The summed E-state index contributed by atoms with van der Waals surface area (Å²) in [6.07, 6.45) is -2.59. The fourth-order valence-corrected chi connectivity index (χ4v) is 5.36. The van der Waals surface area contributed by atoms with Crippen molar-refractivity contribution >= 4 is 11.9 Å². The Morgan fingerprint density at radius 3 is 2.37 bits per heavy atom. The average molecular weight is 581 g/mol. The van der Waals surface area contributed by atoms with Crippen LogP contribution >= 0.6 is 0 Å². The first kappa shape index (κ1) is 30.7. The van der Waals surface area contributed by atoms with Gasteiger partial charge in [0.25, 0.3) is 5.91 Å². The third kappa shape index (κ3) is 6.64. The van der Waals surface area contributed by atoms with Crippen LogP contribution in [0.15, 0.2) is 36.5 Å². The first-order valence-corrected chi connectivity index (χ1v) is 13.5. The second-order valence-corrected chi connectivity index (χ2v) is 11.8. The second-order valence-electron chi connectivity index (χ2n) is 11.8. The Labute approximate surface area is 235 Å². The number of carboxylic acids is 1. The number of nitrogens with zero attached hydrogens (tertiary/aromatic N) is 3. The van der Waals surface area contributed by atoms with E-state index < -0.39 is 40.9 Å². The van der Waals surface area contributed by atoms with Crippen LogP contribution in [0.4, 0.5) is 17.6 Å². The molecule has 1 N–H and O–H groups in total. The quantitative estimate of drug-likeness (QED) is 0.478. The van der Waals surface area contributed by atoms with E-state index in [-0.39, 0.29) is 31.0 Å². The van der Waals surface area contributed by atoms with Crippen LogP contribution in [0.1, 0.15) is 50.4 Å². The van der Waals surface area contributed by atoms with Crippen LogP contribution < -0.4 is 9.84 Å². The molecule has 0 spiro atoms. The van der Waals surface area contributed by atoms with Gasteiger partial charge in [-0.3, -0.25) is 4.79 Å². The number of aliphatic carboxylic acids is 1. The van der Waals surface area contributed by atoms with Gasteiger partial charge >= 0.3 is 6.18 Å². The van der Waals surface area contributed by atoms with E-state index in [1.165, 1.54) is 39.1 Å². The van der Waals surface area contributed by atoms with Crippen LogP contribution in [0.2, 0.25) is 0 Å². The summed E-state index contributed by atoms with van der Waals surface area (Å²) in [6.45, 7) is 4.92.